The van der Waals surface area contributed by atoms with E-state index in [4.69, 9.17) is 4.74 Å². The van der Waals surface area contributed by atoms with Gasteiger partial charge in [0.1, 0.15) is 5.82 Å². The number of benzene rings is 1. The summed E-state index contributed by atoms with van der Waals surface area (Å²) in [6.07, 6.45) is 1.88. The Bertz CT molecular complexity index is 650. The first kappa shape index (κ1) is 14.9. The third-order valence-electron chi connectivity index (χ3n) is 4.03. The summed E-state index contributed by atoms with van der Waals surface area (Å²) in [5.74, 6) is 0.333. The molecule has 116 valence electrons. The highest BCUT2D eigenvalue weighted by atomic mass is 19.1. The number of aliphatic hydroxyl groups excluding tert-OH is 1. The van der Waals surface area contributed by atoms with Crippen LogP contribution in [0.5, 0.6) is 5.88 Å². The van der Waals surface area contributed by atoms with Crippen LogP contribution in [0.4, 0.5) is 4.39 Å². The van der Waals surface area contributed by atoms with Crippen LogP contribution in [0.1, 0.15) is 23.6 Å². The lowest BCUT2D eigenvalue weighted by Gasteiger charge is -2.25. The lowest BCUT2D eigenvalue weighted by atomic mass is 10.0. The molecule has 2 heterocycles. The summed E-state index contributed by atoms with van der Waals surface area (Å²) < 4.78 is 18.8. The molecule has 4 nitrogen and oxygen atoms in total. The number of likely N-dealkylation sites (tertiary alicyclic amines) is 1. The first-order valence-electron chi connectivity index (χ1n) is 7.33. The Hall–Kier alpha value is -1.98. The molecule has 5 heteroatoms. The molecule has 0 radical (unpaired) electrons. The Kier molecular flexibility index (Phi) is 4.36. The molecule has 0 spiro atoms. The molecular weight excluding hydrogens is 283 g/mol. The molecule has 0 bridgehead atoms. The minimum absolute atomic E-state index is 0.00406. The van der Waals surface area contributed by atoms with Gasteiger partial charge in [-0.2, -0.15) is 0 Å². The molecule has 1 aliphatic heterocycles. The normalized spacial score (nSPS) is 22.0. The fraction of sp³-hybridized carbons (Fsp3) is 0.353. The van der Waals surface area contributed by atoms with E-state index in [1.807, 2.05) is 18.2 Å². The number of methoxy groups -OCH3 is 1. The van der Waals surface area contributed by atoms with E-state index < -0.39 is 6.10 Å². The van der Waals surface area contributed by atoms with Gasteiger partial charge in [-0.05, 0) is 30.2 Å². The van der Waals surface area contributed by atoms with Gasteiger partial charge in [-0.25, -0.2) is 9.37 Å². The number of rotatable bonds is 4. The standard InChI is InChI=1S/C17H19FN2O2/c1-22-17-13(5-3-7-19-17)10-20-11-15(21)9-16(20)12-4-2-6-14(18)8-12/h2-8,15-16,21H,9-11H2,1H3/t15-,16-/m1/s1. The molecule has 3 rings (SSSR count). The van der Waals surface area contributed by atoms with E-state index in [9.17, 15) is 9.50 Å². The maximum Gasteiger partial charge on any atom is 0.217 e. The number of halogens is 1. The molecule has 2 aromatic rings. The van der Waals surface area contributed by atoms with Gasteiger partial charge in [0.05, 0.1) is 13.2 Å². The smallest absolute Gasteiger partial charge is 0.217 e. The molecule has 1 aliphatic rings. The predicted molar refractivity (Wildman–Crippen MR) is 81.0 cm³/mol. The fourth-order valence-corrected chi connectivity index (χ4v) is 3.06. The zero-order chi connectivity index (χ0) is 15.5. The van der Waals surface area contributed by atoms with Crippen molar-refractivity contribution in [3.8, 4) is 5.88 Å². The second-order valence-electron chi connectivity index (χ2n) is 5.56. The molecule has 1 fully saturated rings. The minimum atomic E-state index is -0.407. The van der Waals surface area contributed by atoms with Crippen LogP contribution in [-0.2, 0) is 6.54 Å². The number of aliphatic hydroxyl groups is 1. The molecule has 0 saturated carbocycles. The highest BCUT2D eigenvalue weighted by Crippen LogP contribution is 2.34. The molecule has 0 amide bonds. The summed E-state index contributed by atoms with van der Waals surface area (Å²) >= 11 is 0. The summed E-state index contributed by atoms with van der Waals surface area (Å²) in [5, 5.41) is 10.0. The number of aromatic nitrogens is 1. The molecule has 22 heavy (non-hydrogen) atoms. The van der Waals surface area contributed by atoms with Crippen molar-refractivity contribution in [2.75, 3.05) is 13.7 Å². The Morgan fingerprint density at radius 3 is 3.00 bits per heavy atom. The molecule has 1 aromatic heterocycles. The maximum atomic E-state index is 13.5. The monoisotopic (exact) mass is 302 g/mol. The summed E-state index contributed by atoms with van der Waals surface area (Å²) in [6.45, 7) is 1.16. The van der Waals surface area contributed by atoms with E-state index in [0.29, 0.717) is 25.4 Å². The Morgan fingerprint density at radius 1 is 1.36 bits per heavy atom. The summed E-state index contributed by atoms with van der Waals surface area (Å²) in [7, 11) is 1.59. The first-order chi connectivity index (χ1) is 10.7. The predicted octanol–water partition coefficient (Wildman–Crippen LogP) is 2.54. The van der Waals surface area contributed by atoms with Gasteiger partial charge in [0.25, 0.3) is 0 Å². The van der Waals surface area contributed by atoms with Gasteiger partial charge in [-0.3, -0.25) is 4.90 Å². The zero-order valence-electron chi connectivity index (χ0n) is 12.4. The topological polar surface area (TPSA) is 45.6 Å². The Balaban J connectivity index is 1.85. The highest BCUT2D eigenvalue weighted by molar-refractivity contribution is 5.27. The molecule has 0 aliphatic carbocycles. The third-order valence-corrected chi connectivity index (χ3v) is 4.03. The van der Waals surface area contributed by atoms with E-state index in [1.54, 1.807) is 19.4 Å². The number of ether oxygens (including phenoxy) is 1. The van der Waals surface area contributed by atoms with Gasteiger partial charge in [0.15, 0.2) is 0 Å². The molecule has 1 N–H and O–H groups in total. The summed E-state index contributed by atoms with van der Waals surface area (Å²) in [6, 6.07) is 10.4. The summed E-state index contributed by atoms with van der Waals surface area (Å²) in [5.41, 5.74) is 1.85. The first-order valence-corrected chi connectivity index (χ1v) is 7.33. The quantitative estimate of drug-likeness (QED) is 0.943. The minimum Gasteiger partial charge on any atom is -0.481 e. The lowest BCUT2D eigenvalue weighted by molar-refractivity contribution is 0.172. The average molecular weight is 302 g/mol. The molecular formula is C17H19FN2O2. The lowest BCUT2D eigenvalue weighted by Crippen LogP contribution is -2.24. The van der Waals surface area contributed by atoms with Gasteiger partial charge in [0.2, 0.25) is 5.88 Å². The van der Waals surface area contributed by atoms with Crippen molar-refractivity contribution in [3.63, 3.8) is 0 Å². The summed E-state index contributed by atoms with van der Waals surface area (Å²) in [4.78, 5) is 6.34. The van der Waals surface area contributed by atoms with E-state index in [1.165, 1.54) is 12.1 Å². The highest BCUT2D eigenvalue weighted by Gasteiger charge is 2.32. The number of pyridine rings is 1. The number of β-amino-alcohol motifs (C(OH)–C–C–N with tert-alkyl or cyclic N) is 1. The van der Waals surface area contributed by atoms with E-state index in [-0.39, 0.29) is 11.9 Å². The second kappa shape index (κ2) is 6.42. The van der Waals surface area contributed by atoms with Crippen LogP contribution in [0.3, 0.4) is 0 Å². The van der Waals surface area contributed by atoms with Crippen molar-refractivity contribution >= 4 is 0 Å². The van der Waals surface area contributed by atoms with Crippen molar-refractivity contribution in [2.45, 2.75) is 25.1 Å². The van der Waals surface area contributed by atoms with Crippen LogP contribution in [-0.4, -0.2) is 34.7 Å². The fourth-order valence-electron chi connectivity index (χ4n) is 3.06. The van der Waals surface area contributed by atoms with E-state index in [2.05, 4.69) is 9.88 Å². The maximum absolute atomic E-state index is 13.5. The number of hydrogen-bond donors (Lipinski definition) is 1. The van der Waals surface area contributed by atoms with Gasteiger partial charge >= 0.3 is 0 Å². The Labute approximate surface area is 129 Å². The van der Waals surface area contributed by atoms with Gasteiger partial charge < -0.3 is 9.84 Å². The van der Waals surface area contributed by atoms with Crippen LogP contribution < -0.4 is 4.74 Å². The largest absolute Gasteiger partial charge is 0.481 e. The van der Waals surface area contributed by atoms with Crippen molar-refractivity contribution in [1.82, 2.24) is 9.88 Å². The van der Waals surface area contributed by atoms with Crippen LogP contribution in [0.25, 0.3) is 0 Å². The van der Waals surface area contributed by atoms with Crippen molar-refractivity contribution in [1.29, 1.82) is 0 Å². The Morgan fingerprint density at radius 2 is 2.23 bits per heavy atom. The van der Waals surface area contributed by atoms with Crippen LogP contribution in [0.2, 0.25) is 0 Å². The van der Waals surface area contributed by atoms with Crippen molar-refractivity contribution < 1.29 is 14.2 Å². The zero-order valence-corrected chi connectivity index (χ0v) is 12.4. The number of nitrogens with zero attached hydrogens (tertiary/aromatic N) is 2. The van der Waals surface area contributed by atoms with Gasteiger partial charge in [-0.15, -0.1) is 0 Å². The molecule has 1 saturated heterocycles. The second-order valence-corrected chi connectivity index (χ2v) is 5.56. The SMILES string of the molecule is COc1ncccc1CN1C[C@H](O)C[C@@H]1c1cccc(F)c1. The van der Waals surface area contributed by atoms with Crippen molar-refractivity contribution in [3.05, 3.63) is 59.5 Å². The van der Waals surface area contributed by atoms with E-state index >= 15 is 0 Å². The van der Waals surface area contributed by atoms with Crippen molar-refractivity contribution in [2.24, 2.45) is 0 Å². The van der Waals surface area contributed by atoms with Gasteiger partial charge in [-0.1, -0.05) is 18.2 Å². The van der Waals surface area contributed by atoms with Crippen LogP contribution in [0.15, 0.2) is 42.6 Å². The van der Waals surface area contributed by atoms with Crippen LogP contribution in [0, 0.1) is 5.82 Å². The number of hydrogen-bond acceptors (Lipinski definition) is 4. The van der Waals surface area contributed by atoms with Crippen LogP contribution >= 0.6 is 0 Å². The third kappa shape index (κ3) is 3.10. The molecule has 2 atom stereocenters. The average Bonchev–Trinajstić information content (AvgIpc) is 2.88. The van der Waals surface area contributed by atoms with E-state index in [0.717, 1.165) is 11.1 Å². The molecule has 1 aromatic carbocycles. The molecule has 0 unspecified atom stereocenters. The van der Waals surface area contributed by atoms with Gasteiger partial charge in [0, 0.05) is 30.9 Å².